The molecule has 2 rings (SSSR count). The van der Waals surface area contributed by atoms with Gasteiger partial charge in [-0.1, -0.05) is 29.3 Å². The summed E-state index contributed by atoms with van der Waals surface area (Å²) < 4.78 is 5.64. The van der Waals surface area contributed by atoms with E-state index in [2.05, 4.69) is 0 Å². The highest BCUT2D eigenvalue weighted by molar-refractivity contribution is 6.42. The summed E-state index contributed by atoms with van der Waals surface area (Å²) >= 11 is 11.8. The van der Waals surface area contributed by atoms with E-state index in [0.29, 0.717) is 15.8 Å². The third-order valence-electron chi connectivity index (χ3n) is 2.69. The molecule has 90 valence electrons. The van der Waals surface area contributed by atoms with Gasteiger partial charge in [0, 0.05) is 6.92 Å². The second-order valence-electron chi connectivity index (χ2n) is 3.98. The maximum absolute atomic E-state index is 11.3. The molecule has 1 aromatic carbocycles. The lowest BCUT2D eigenvalue weighted by Crippen LogP contribution is -2.13. The molecule has 1 heterocycles. The van der Waals surface area contributed by atoms with Crippen LogP contribution in [0.1, 0.15) is 31.4 Å². The van der Waals surface area contributed by atoms with Crippen LogP contribution in [0.4, 0.5) is 0 Å². The van der Waals surface area contributed by atoms with E-state index in [-0.39, 0.29) is 11.9 Å². The Morgan fingerprint density at radius 2 is 2.12 bits per heavy atom. The van der Waals surface area contributed by atoms with Crippen LogP contribution < -0.4 is 0 Å². The Hall–Kier alpha value is -0.990. The summed E-state index contributed by atoms with van der Waals surface area (Å²) in [6, 6.07) is 5.41. The summed E-state index contributed by atoms with van der Waals surface area (Å²) in [7, 11) is 0. The molecule has 4 heteroatoms. The molecule has 1 aliphatic heterocycles. The molecule has 0 amide bonds. The van der Waals surface area contributed by atoms with Crippen molar-refractivity contribution in [2.24, 2.45) is 0 Å². The molecule has 0 aromatic heterocycles. The first kappa shape index (κ1) is 12.5. The van der Waals surface area contributed by atoms with Gasteiger partial charge in [0.1, 0.15) is 6.10 Å². The van der Waals surface area contributed by atoms with Crippen molar-refractivity contribution in [3.8, 4) is 0 Å². The van der Waals surface area contributed by atoms with E-state index in [9.17, 15) is 4.79 Å². The third kappa shape index (κ3) is 2.82. The maximum atomic E-state index is 11.3. The Kier molecular flexibility index (Phi) is 3.75. The smallest absolute Gasteiger partial charge is 0.193 e. The average Bonchev–Trinajstić information content (AvgIpc) is 2.33. The first-order chi connectivity index (χ1) is 8.08. The molecule has 1 aromatic rings. The van der Waals surface area contributed by atoms with Gasteiger partial charge in [0.2, 0.25) is 0 Å². The third-order valence-corrected chi connectivity index (χ3v) is 3.43. The predicted octanol–water partition coefficient (Wildman–Crippen LogP) is 4.32. The van der Waals surface area contributed by atoms with E-state index in [1.807, 2.05) is 12.1 Å². The summed E-state index contributed by atoms with van der Waals surface area (Å²) in [5, 5.41) is 1.03. The van der Waals surface area contributed by atoms with Gasteiger partial charge in [-0.2, -0.15) is 0 Å². The summed E-state index contributed by atoms with van der Waals surface area (Å²) in [4.78, 5) is 11.3. The number of carbonyl (C=O) groups is 1. The molecular formula is C13H12Cl2O2. The number of rotatable bonds is 2. The van der Waals surface area contributed by atoms with Gasteiger partial charge in [-0.05, 0) is 36.6 Å². The normalized spacial score (nSPS) is 19.5. The molecule has 0 N–H and O–H groups in total. The number of allylic oxidation sites excluding steroid dienone is 2. The second-order valence-corrected chi connectivity index (χ2v) is 4.80. The minimum Gasteiger partial charge on any atom is -0.482 e. The fourth-order valence-corrected chi connectivity index (χ4v) is 2.11. The van der Waals surface area contributed by atoms with Crippen molar-refractivity contribution in [1.82, 2.24) is 0 Å². The van der Waals surface area contributed by atoms with Crippen molar-refractivity contribution in [2.75, 3.05) is 0 Å². The van der Waals surface area contributed by atoms with Gasteiger partial charge >= 0.3 is 0 Å². The zero-order chi connectivity index (χ0) is 12.4. The van der Waals surface area contributed by atoms with E-state index >= 15 is 0 Å². The molecule has 2 nitrogen and oxygen atoms in total. The van der Waals surface area contributed by atoms with Crippen molar-refractivity contribution < 1.29 is 9.53 Å². The highest BCUT2D eigenvalue weighted by atomic mass is 35.5. The van der Waals surface area contributed by atoms with Crippen LogP contribution in [-0.4, -0.2) is 5.78 Å². The van der Waals surface area contributed by atoms with Crippen LogP contribution in [0.5, 0.6) is 0 Å². The van der Waals surface area contributed by atoms with Crippen molar-refractivity contribution in [2.45, 2.75) is 25.9 Å². The largest absolute Gasteiger partial charge is 0.482 e. The summed E-state index contributed by atoms with van der Waals surface area (Å²) in [6.07, 6.45) is 3.39. The van der Waals surface area contributed by atoms with Gasteiger partial charge in [-0.3, -0.25) is 4.79 Å². The molecule has 17 heavy (non-hydrogen) atoms. The van der Waals surface area contributed by atoms with Crippen LogP contribution in [0.25, 0.3) is 0 Å². The zero-order valence-electron chi connectivity index (χ0n) is 9.37. The van der Waals surface area contributed by atoms with Crippen molar-refractivity contribution in [3.05, 3.63) is 45.6 Å². The van der Waals surface area contributed by atoms with E-state index in [4.69, 9.17) is 27.9 Å². The number of ether oxygens (including phenoxy) is 1. The van der Waals surface area contributed by atoms with Crippen LogP contribution >= 0.6 is 23.2 Å². The number of halogens is 2. The molecule has 0 spiro atoms. The highest BCUT2D eigenvalue weighted by Crippen LogP contribution is 2.33. The topological polar surface area (TPSA) is 26.3 Å². The molecule has 1 unspecified atom stereocenters. The number of hydrogen-bond acceptors (Lipinski definition) is 2. The molecule has 1 atom stereocenters. The van der Waals surface area contributed by atoms with Crippen LogP contribution in [0.15, 0.2) is 30.0 Å². The van der Waals surface area contributed by atoms with E-state index in [1.165, 1.54) is 6.92 Å². The van der Waals surface area contributed by atoms with Crippen LogP contribution in [-0.2, 0) is 9.53 Å². The van der Waals surface area contributed by atoms with Gasteiger partial charge < -0.3 is 4.74 Å². The second kappa shape index (κ2) is 5.11. The molecular weight excluding hydrogens is 259 g/mol. The van der Waals surface area contributed by atoms with Crippen molar-refractivity contribution in [3.63, 3.8) is 0 Å². The fourth-order valence-electron chi connectivity index (χ4n) is 1.80. The Bertz CT molecular complexity index is 480. The van der Waals surface area contributed by atoms with Gasteiger partial charge in [-0.15, -0.1) is 0 Å². The first-order valence-electron chi connectivity index (χ1n) is 5.40. The van der Waals surface area contributed by atoms with E-state index in [0.717, 1.165) is 18.4 Å². The quantitative estimate of drug-likeness (QED) is 0.800. The lowest BCUT2D eigenvalue weighted by Gasteiger charge is -2.24. The van der Waals surface area contributed by atoms with Crippen LogP contribution in [0.3, 0.4) is 0 Å². The van der Waals surface area contributed by atoms with Gasteiger partial charge in [0.05, 0.1) is 10.0 Å². The SMILES string of the molecule is CC(=O)C1=CCCC(c2ccc(Cl)c(Cl)c2)O1. The lowest BCUT2D eigenvalue weighted by atomic mass is 10.0. The standard InChI is InChI=1S/C13H12Cl2O2/c1-8(16)12-3-2-4-13(17-12)9-5-6-10(14)11(15)7-9/h3,5-7,13H,2,4H2,1H3. The number of carbonyl (C=O) groups excluding carboxylic acids is 1. The minimum atomic E-state index is -0.117. The van der Waals surface area contributed by atoms with E-state index in [1.54, 1.807) is 12.1 Å². The number of benzene rings is 1. The molecule has 0 radical (unpaired) electrons. The van der Waals surface area contributed by atoms with Gasteiger partial charge in [-0.25, -0.2) is 0 Å². The molecule has 0 saturated carbocycles. The van der Waals surface area contributed by atoms with Crippen LogP contribution in [0, 0.1) is 0 Å². The summed E-state index contributed by atoms with van der Waals surface area (Å²) in [6.45, 7) is 1.50. The molecule has 0 aliphatic carbocycles. The lowest BCUT2D eigenvalue weighted by molar-refractivity contribution is -0.118. The molecule has 0 saturated heterocycles. The Morgan fingerprint density at radius 1 is 1.35 bits per heavy atom. The van der Waals surface area contributed by atoms with Gasteiger partial charge in [0.25, 0.3) is 0 Å². The highest BCUT2D eigenvalue weighted by Gasteiger charge is 2.21. The number of ketones is 1. The summed E-state index contributed by atoms with van der Waals surface area (Å²) in [5.74, 6) is 0.391. The monoisotopic (exact) mass is 270 g/mol. The fraction of sp³-hybridized carbons (Fsp3) is 0.308. The van der Waals surface area contributed by atoms with E-state index < -0.39 is 0 Å². The van der Waals surface area contributed by atoms with Gasteiger partial charge in [0.15, 0.2) is 11.5 Å². The Morgan fingerprint density at radius 3 is 2.76 bits per heavy atom. The molecule has 0 bridgehead atoms. The van der Waals surface area contributed by atoms with Crippen LogP contribution in [0.2, 0.25) is 10.0 Å². The van der Waals surface area contributed by atoms with Crippen molar-refractivity contribution >= 4 is 29.0 Å². The number of hydrogen-bond donors (Lipinski definition) is 0. The summed E-state index contributed by atoms with van der Waals surface area (Å²) in [5.41, 5.74) is 0.950. The predicted molar refractivity (Wildman–Crippen MR) is 68.3 cm³/mol. The molecule has 1 aliphatic rings. The minimum absolute atomic E-state index is 0.0465. The maximum Gasteiger partial charge on any atom is 0.193 e. The average molecular weight is 271 g/mol. The Balaban J connectivity index is 2.21. The first-order valence-corrected chi connectivity index (χ1v) is 6.16. The van der Waals surface area contributed by atoms with Crippen molar-refractivity contribution in [1.29, 1.82) is 0 Å². The Labute approximate surface area is 110 Å². The molecule has 0 fully saturated rings. The number of Topliss-reactive ketones (excluding diaryl/α,β-unsaturated/α-hetero) is 1. The zero-order valence-corrected chi connectivity index (χ0v) is 10.9.